The molecule has 4 fully saturated rings. The molecule has 0 unspecified atom stereocenters. The van der Waals surface area contributed by atoms with Crippen LogP contribution in [0.4, 0.5) is 4.79 Å². The zero-order valence-corrected chi connectivity index (χ0v) is 19.1. The third-order valence-electron chi connectivity index (χ3n) is 7.15. The summed E-state index contributed by atoms with van der Waals surface area (Å²) in [6.45, 7) is 6.10. The molecule has 1 aromatic carbocycles. The predicted molar refractivity (Wildman–Crippen MR) is 117 cm³/mol. The van der Waals surface area contributed by atoms with E-state index in [9.17, 15) is 13.2 Å². The van der Waals surface area contributed by atoms with Crippen LogP contribution in [0.2, 0.25) is 0 Å². The second kappa shape index (κ2) is 8.06. The number of carbonyl (C=O) groups excluding carboxylic acids is 1. The molecule has 4 aliphatic rings. The number of nitrogens with zero attached hydrogens (tertiary/aromatic N) is 1. The minimum Gasteiger partial charge on any atom is -0.382 e. The number of benzene rings is 1. The summed E-state index contributed by atoms with van der Waals surface area (Å²) < 4.78 is 28.3. The van der Waals surface area contributed by atoms with Crippen LogP contribution in [0.1, 0.15) is 64.9 Å². The van der Waals surface area contributed by atoms with Crippen LogP contribution in [0.15, 0.2) is 24.3 Å². The molecule has 0 saturated heterocycles. The Kier molecular flexibility index (Phi) is 5.77. The zero-order valence-electron chi connectivity index (χ0n) is 18.3. The van der Waals surface area contributed by atoms with E-state index in [1.807, 2.05) is 30.9 Å². The number of carbonyl (C=O) groups is 1. The van der Waals surface area contributed by atoms with Crippen LogP contribution in [0.5, 0.6) is 5.75 Å². The summed E-state index contributed by atoms with van der Waals surface area (Å²) in [5, 5.41) is 3.46. The fourth-order valence-corrected chi connectivity index (χ4v) is 6.63. The molecule has 4 bridgehead atoms. The van der Waals surface area contributed by atoms with Gasteiger partial charge < -0.3 is 14.4 Å². The smallest absolute Gasteiger partial charge is 0.318 e. The van der Waals surface area contributed by atoms with Crippen LogP contribution in [-0.4, -0.2) is 36.7 Å². The fourth-order valence-electron chi connectivity index (χ4n) is 6.10. The highest BCUT2D eigenvalue weighted by Crippen LogP contribution is 2.55. The third-order valence-corrected chi connectivity index (χ3v) is 8.30. The summed E-state index contributed by atoms with van der Waals surface area (Å²) >= 11 is 0. The molecule has 0 aliphatic heterocycles. The van der Waals surface area contributed by atoms with Crippen LogP contribution >= 0.6 is 0 Å². The molecule has 1 aromatic rings. The lowest BCUT2D eigenvalue weighted by atomic mass is 9.53. The Hall–Kier alpha value is -1.76. The van der Waals surface area contributed by atoms with E-state index in [0.717, 1.165) is 42.6 Å². The highest BCUT2D eigenvalue weighted by molar-refractivity contribution is 7.87. The Morgan fingerprint density at radius 2 is 1.63 bits per heavy atom. The average Bonchev–Trinajstić information content (AvgIpc) is 2.65. The first-order valence-electron chi connectivity index (χ1n) is 11.3. The number of rotatable bonds is 7. The zero-order chi connectivity index (χ0) is 21.5. The minimum atomic E-state index is -3.54. The molecular weight excluding hydrogens is 400 g/mol. The monoisotopic (exact) mass is 434 g/mol. The average molecular weight is 435 g/mol. The predicted octanol–water partition coefficient (Wildman–Crippen LogP) is 4.30. The molecule has 5 rings (SSSR count). The summed E-state index contributed by atoms with van der Waals surface area (Å²) in [6.07, 6.45) is 7.46. The first kappa shape index (κ1) is 21.5. The minimum absolute atomic E-state index is 0.00875. The van der Waals surface area contributed by atoms with Crippen LogP contribution in [-0.2, 0) is 16.7 Å². The van der Waals surface area contributed by atoms with Crippen molar-refractivity contribution < 1.29 is 17.4 Å². The highest BCUT2D eigenvalue weighted by atomic mass is 32.2. The molecule has 1 N–H and O–H groups in total. The van der Waals surface area contributed by atoms with Gasteiger partial charge in [0, 0.05) is 18.1 Å². The summed E-state index contributed by atoms with van der Waals surface area (Å²) in [5.41, 5.74) is 0.941. The van der Waals surface area contributed by atoms with Gasteiger partial charge in [0.05, 0.1) is 5.75 Å². The molecule has 2 amide bonds. The van der Waals surface area contributed by atoms with E-state index >= 15 is 0 Å². The van der Waals surface area contributed by atoms with Gasteiger partial charge in [-0.15, -0.1) is 0 Å². The van der Waals surface area contributed by atoms with Crippen molar-refractivity contribution in [1.82, 2.24) is 10.2 Å². The van der Waals surface area contributed by atoms with E-state index in [2.05, 4.69) is 5.32 Å². The Morgan fingerprint density at radius 3 is 2.10 bits per heavy atom. The summed E-state index contributed by atoms with van der Waals surface area (Å²) in [6, 6.07) is 7.04. The molecule has 6 nitrogen and oxygen atoms in total. The molecule has 7 heteroatoms. The van der Waals surface area contributed by atoms with E-state index in [1.165, 1.54) is 19.3 Å². The van der Waals surface area contributed by atoms with Crippen LogP contribution in [0.3, 0.4) is 0 Å². The largest absolute Gasteiger partial charge is 0.382 e. The molecule has 4 aliphatic carbocycles. The topological polar surface area (TPSA) is 75.7 Å². The molecule has 0 spiro atoms. The highest BCUT2D eigenvalue weighted by Gasteiger charge is 2.51. The fraction of sp³-hybridized carbons (Fsp3) is 0.696. The van der Waals surface area contributed by atoms with E-state index in [4.69, 9.17) is 4.18 Å². The maximum Gasteiger partial charge on any atom is 0.318 e. The van der Waals surface area contributed by atoms with Gasteiger partial charge in [0.25, 0.3) is 0 Å². The first-order valence-corrected chi connectivity index (χ1v) is 12.8. The Labute approximate surface area is 180 Å². The van der Waals surface area contributed by atoms with E-state index in [-0.39, 0.29) is 23.4 Å². The Morgan fingerprint density at radius 1 is 1.10 bits per heavy atom. The van der Waals surface area contributed by atoms with E-state index in [0.29, 0.717) is 12.3 Å². The van der Waals surface area contributed by atoms with Crippen molar-refractivity contribution in [3.05, 3.63) is 29.8 Å². The van der Waals surface area contributed by atoms with Gasteiger partial charge >= 0.3 is 16.1 Å². The number of urea groups is 1. The number of hydrogen-bond donors (Lipinski definition) is 1. The number of hydrogen-bond acceptors (Lipinski definition) is 4. The lowest BCUT2D eigenvalue weighted by molar-refractivity contribution is -0.0163. The third kappa shape index (κ3) is 4.61. The van der Waals surface area contributed by atoms with Gasteiger partial charge in [-0.25, -0.2) is 4.79 Å². The van der Waals surface area contributed by atoms with Gasteiger partial charge in [0.2, 0.25) is 0 Å². The van der Waals surface area contributed by atoms with E-state index < -0.39 is 10.1 Å². The van der Waals surface area contributed by atoms with Gasteiger partial charge in [-0.2, -0.15) is 8.42 Å². The van der Waals surface area contributed by atoms with Gasteiger partial charge in [-0.05, 0) is 94.7 Å². The number of nitrogens with one attached hydrogen (secondary N) is 1. The lowest BCUT2D eigenvalue weighted by Crippen LogP contribution is -2.62. The normalized spacial score (nSPS) is 29.8. The molecule has 0 heterocycles. The van der Waals surface area contributed by atoms with Gasteiger partial charge in [0.15, 0.2) is 0 Å². The standard InChI is InChI=1S/C23H34N2O4S/c1-4-30(27,28)29-21-7-5-17(6-8-21)15-25(16(2)3)22(26)24-23-12-18-9-19(13-23)11-20(10-18)14-23/h5-8,16,18-20H,4,9-15H2,1-3H3,(H,24,26). The summed E-state index contributed by atoms with van der Waals surface area (Å²) in [4.78, 5) is 15.2. The molecule has 4 saturated carbocycles. The Balaban J connectivity index is 1.42. The summed E-state index contributed by atoms with van der Waals surface area (Å²) in [7, 11) is -3.54. The van der Waals surface area contributed by atoms with Crippen molar-refractivity contribution in [1.29, 1.82) is 0 Å². The van der Waals surface area contributed by atoms with Crippen LogP contribution in [0, 0.1) is 17.8 Å². The maximum absolute atomic E-state index is 13.3. The SMILES string of the molecule is CCS(=O)(=O)Oc1ccc(CN(C(=O)NC23CC4CC(CC(C4)C2)C3)C(C)C)cc1. The molecule has 0 atom stereocenters. The second-order valence-corrected chi connectivity index (χ2v) is 11.8. The first-order chi connectivity index (χ1) is 14.2. The van der Waals surface area contributed by atoms with Gasteiger partial charge in [0.1, 0.15) is 5.75 Å². The molecule has 166 valence electrons. The molecular formula is C23H34N2O4S. The Bertz CT molecular complexity index is 844. The lowest BCUT2D eigenvalue weighted by Gasteiger charge is -2.57. The van der Waals surface area contributed by atoms with Crippen LogP contribution in [0.25, 0.3) is 0 Å². The van der Waals surface area contributed by atoms with Crippen molar-refractivity contribution in [3.8, 4) is 5.75 Å². The maximum atomic E-state index is 13.3. The van der Waals surface area contributed by atoms with Crippen LogP contribution < -0.4 is 9.50 Å². The quantitative estimate of drug-likeness (QED) is 0.649. The van der Waals surface area contributed by atoms with E-state index in [1.54, 1.807) is 19.1 Å². The van der Waals surface area contributed by atoms with Crippen molar-refractivity contribution >= 4 is 16.1 Å². The van der Waals surface area contributed by atoms with Crippen molar-refractivity contribution in [2.75, 3.05) is 5.75 Å². The molecule has 0 radical (unpaired) electrons. The molecule has 30 heavy (non-hydrogen) atoms. The van der Waals surface area contributed by atoms with Gasteiger partial charge in [-0.1, -0.05) is 12.1 Å². The van der Waals surface area contributed by atoms with Gasteiger partial charge in [-0.3, -0.25) is 0 Å². The second-order valence-electron chi connectivity index (χ2n) is 9.92. The van der Waals surface area contributed by atoms with Crippen molar-refractivity contribution in [2.45, 2.75) is 77.4 Å². The number of amides is 2. The van der Waals surface area contributed by atoms with Crippen molar-refractivity contribution in [2.24, 2.45) is 17.8 Å². The van der Waals surface area contributed by atoms with Crippen molar-refractivity contribution in [3.63, 3.8) is 0 Å². The summed E-state index contributed by atoms with van der Waals surface area (Å²) in [5.74, 6) is 2.60. The molecule has 0 aromatic heterocycles.